The third kappa shape index (κ3) is 1.26. The van der Waals surface area contributed by atoms with Crippen molar-refractivity contribution < 1.29 is 4.79 Å². The second-order valence-electron chi connectivity index (χ2n) is 2.83. The van der Waals surface area contributed by atoms with Crippen molar-refractivity contribution in [3.63, 3.8) is 0 Å². The van der Waals surface area contributed by atoms with E-state index in [1.165, 1.54) is 0 Å². The van der Waals surface area contributed by atoms with Gasteiger partial charge in [0.25, 0.3) is 5.56 Å². The zero-order valence-electron chi connectivity index (χ0n) is 6.76. The number of aromatic nitrogens is 2. The molecule has 1 amide bonds. The standard InChI is InChI=1S/C7H8N4O2/c8-7-10-5-3(6(13)11-7)1-2-4(12)9-5/h1-2H2,(H4,8,9,10,11,12,13). The number of nitrogens with two attached hydrogens (primary N) is 1. The number of fused-ring (bicyclic) bond motifs is 1. The Morgan fingerprint density at radius 3 is 2.85 bits per heavy atom. The number of hydrogen-bond donors (Lipinski definition) is 3. The van der Waals surface area contributed by atoms with Crippen LogP contribution in [0.15, 0.2) is 4.79 Å². The van der Waals surface area contributed by atoms with Crippen LogP contribution in [0, 0.1) is 0 Å². The molecule has 0 unspecified atom stereocenters. The van der Waals surface area contributed by atoms with E-state index in [-0.39, 0.29) is 23.2 Å². The van der Waals surface area contributed by atoms with Gasteiger partial charge in [-0.15, -0.1) is 0 Å². The van der Waals surface area contributed by atoms with Crippen LogP contribution in [0.3, 0.4) is 0 Å². The van der Waals surface area contributed by atoms with Crippen molar-refractivity contribution in [3.05, 3.63) is 15.9 Å². The normalized spacial score (nSPS) is 14.9. The third-order valence-electron chi connectivity index (χ3n) is 1.89. The van der Waals surface area contributed by atoms with Gasteiger partial charge in [-0.3, -0.25) is 14.6 Å². The Balaban J connectivity index is 2.59. The Labute approximate surface area is 73.2 Å². The summed E-state index contributed by atoms with van der Waals surface area (Å²) < 4.78 is 0. The van der Waals surface area contributed by atoms with Gasteiger partial charge in [0.2, 0.25) is 11.9 Å². The van der Waals surface area contributed by atoms with Gasteiger partial charge in [0.15, 0.2) is 0 Å². The van der Waals surface area contributed by atoms with Crippen molar-refractivity contribution in [2.45, 2.75) is 12.8 Å². The SMILES string of the molecule is Nc1nc2c(c(=O)[nH]1)CCC(=O)N2. The van der Waals surface area contributed by atoms with E-state index in [9.17, 15) is 9.59 Å². The molecule has 0 saturated heterocycles. The molecule has 0 atom stereocenters. The summed E-state index contributed by atoms with van der Waals surface area (Å²) in [6.45, 7) is 0. The summed E-state index contributed by atoms with van der Waals surface area (Å²) in [5.74, 6) is 0.174. The van der Waals surface area contributed by atoms with Crippen LogP contribution in [0.2, 0.25) is 0 Å². The summed E-state index contributed by atoms with van der Waals surface area (Å²) in [5, 5.41) is 2.49. The van der Waals surface area contributed by atoms with Gasteiger partial charge in [-0.25, -0.2) is 0 Å². The predicted octanol–water partition coefficient (Wildman–Crippen LogP) is -0.763. The molecule has 0 bridgehead atoms. The van der Waals surface area contributed by atoms with Gasteiger partial charge in [-0.05, 0) is 6.42 Å². The van der Waals surface area contributed by atoms with E-state index in [0.717, 1.165) is 0 Å². The number of H-pyrrole nitrogens is 1. The molecule has 4 N–H and O–H groups in total. The summed E-state index contributed by atoms with van der Waals surface area (Å²) in [6, 6.07) is 0. The number of rotatable bonds is 0. The van der Waals surface area contributed by atoms with Crippen molar-refractivity contribution >= 4 is 17.7 Å². The molecule has 68 valence electrons. The second-order valence-corrected chi connectivity index (χ2v) is 2.83. The summed E-state index contributed by atoms with van der Waals surface area (Å²) in [5.41, 5.74) is 5.53. The van der Waals surface area contributed by atoms with Crippen molar-refractivity contribution in [2.75, 3.05) is 11.1 Å². The average molecular weight is 180 g/mol. The van der Waals surface area contributed by atoms with Crippen LogP contribution in [0.4, 0.5) is 11.8 Å². The van der Waals surface area contributed by atoms with Gasteiger partial charge in [-0.2, -0.15) is 4.98 Å². The van der Waals surface area contributed by atoms with Crippen LogP contribution in [-0.2, 0) is 11.2 Å². The Morgan fingerprint density at radius 1 is 1.31 bits per heavy atom. The Morgan fingerprint density at radius 2 is 2.08 bits per heavy atom. The minimum atomic E-state index is -0.275. The number of carbonyl (C=O) groups excluding carboxylic acids is 1. The van der Waals surface area contributed by atoms with Crippen molar-refractivity contribution in [1.29, 1.82) is 0 Å². The molecule has 0 saturated carbocycles. The highest BCUT2D eigenvalue weighted by molar-refractivity contribution is 5.92. The van der Waals surface area contributed by atoms with Gasteiger partial charge >= 0.3 is 0 Å². The summed E-state index contributed by atoms with van der Waals surface area (Å²) in [4.78, 5) is 28.4. The summed E-state index contributed by atoms with van der Waals surface area (Å²) >= 11 is 0. The van der Waals surface area contributed by atoms with Crippen LogP contribution in [0.5, 0.6) is 0 Å². The quantitative estimate of drug-likeness (QED) is 0.488. The number of amides is 1. The topological polar surface area (TPSA) is 101 Å². The van der Waals surface area contributed by atoms with E-state index in [1.807, 2.05) is 0 Å². The fourth-order valence-corrected chi connectivity index (χ4v) is 1.28. The molecule has 0 fully saturated rings. The fraction of sp³-hybridized carbons (Fsp3) is 0.286. The van der Waals surface area contributed by atoms with Crippen LogP contribution in [-0.4, -0.2) is 15.9 Å². The van der Waals surface area contributed by atoms with Crippen LogP contribution >= 0.6 is 0 Å². The lowest BCUT2D eigenvalue weighted by atomic mass is 10.1. The smallest absolute Gasteiger partial charge is 0.257 e. The lowest BCUT2D eigenvalue weighted by molar-refractivity contribution is -0.116. The maximum Gasteiger partial charge on any atom is 0.257 e. The first-order chi connectivity index (χ1) is 6.16. The molecule has 1 aromatic rings. The molecule has 0 aliphatic carbocycles. The molecule has 13 heavy (non-hydrogen) atoms. The molecular formula is C7H8N4O2. The highest BCUT2D eigenvalue weighted by Crippen LogP contribution is 2.15. The van der Waals surface area contributed by atoms with E-state index in [2.05, 4.69) is 15.3 Å². The molecule has 6 heteroatoms. The molecule has 1 aliphatic heterocycles. The highest BCUT2D eigenvalue weighted by atomic mass is 16.2. The minimum Gasteiger partial charge on any atom is -0.369 e. The monoisotopic (exact) mass is 180 g/mol. The van der Waals surface area contributed by atoms with Gasteiger partial charge in [0.05, 0.1) is 5.56 Å². The molecule has 0 aromatic carbocycles. The van der Waals surface area contributed by atoms with Crippen LogP contribution < -0.4 is 16.6 Å². The molecule has 2 rings (SSSR count). The number of nitrogens with zero attached hydrogens (tertiary/aromatic N) is 1. The first kappa shape index (κ1) is 7.78. The van der Waals surface area contributed by atoms with Crippen molar-refractivity contribution in [1.82, 2.24) is 9.97 Å². The first-order valence-corrected chi connectivity index (χ1v) is 3.85. The van der Waals surface area contributed by atoms with E-state index in [1.54, 1.807) is 0 Å². The first-order valence-electron chi connectivity index (χ1n) is 3.85. The molecule has 1 aromatic heterocycles. The molecule has 0 radical (unpaired) electrons. The van der Waals surface area contributed by atoms with E-state index < -0.39 is 0 Å². The van der Waals surface area contributed by atoms with Gasteiger partial charge in [0, 0.05) is 6.42 Å². The number of aromatic amines is 1. The van der Waals surface area contributed by atoms with Crippen LogP contribution in [0.25, 0.3) is 0 Å². The average Bonchev–Trinajstić information content (AvgIpc) is 2.02. The lowest BCUT2D eigenvalue weighted by Crippen LogP contribution is -2.27. The van der Waals surface area contributed by atoms with Gasteiger partial charge in [0.1, 0.15) is 5.82 Å². The number of carbonyl (C=O) groups is 1. The number of nitrogens with one attached hydrogen (secondary N) is 2. The minimum absolute atomic E-state index is 0.0194. The zero-order valence-corrected chi connectivity index (χ0v) is 6.76. The Kier molecular flexibility index (Phi) is 1.54. The van der Waals surface area contributed by atoms with Crippen molar-refractivity contribution in [2.24, 2.45) is 0 Å². The van der Waals surface area contributed by atoms with E-state index >= 15 is 0 Å². The Bertz CT molecular complexity index is 423. The maximum absolute atomic E-state index is 11.3. The maximum atomic E-state index is 11.3. The highest BCUT2D eigenvalue weighted by Gasteiger charge is 2.19. The Hall–Kier alpha value is -1.85. The van der Waals surface area contributed by atoms with Gasteiger partial charge < -0.3 is 11.1 Å². The lowest BCUT2D eigenvalue weighted by Gasteiger charge is -2.14. The number of nitrogen functional groups attached to an aromatic ring is 1. The zero-order chi connectivity index (χ0) is 9.42. The fourth-order valence-electron chi connectivity index (χ4n) is 1.28. The predicted molar refractivity (Wildman–Crippen MR) is 46.2 cm³/mol. The van der Waals surface area contributed by atoms with Gasteiger partial charge in [-0.1, -0.05) is 0 Å². The number of hydrogen-bond acceptors (Lipinski definition) is 4. The van der Waals surface area contributed by atoms with Crippen molar-refractivity contribution in [3.8, 4) is 0 Å². The molecule has 6 nitrogen and oxygen atoms in total. The molecule has 0 spiro atoms. The second kappa shape index (κ2) is 2.58. The van der Waals surface area contributed by atoms with Crippen LogP contribution in [0.1, 0.15) is 12.0 Å². The van der Waals surface area contributed by atoms with E-state index in [4.69, 9.17) is 5.73 Å². The summed E-state index contributed by atoms with van der Waals surface area (Å²) in [6.07, 6.45) is 0.742. The largest absolute Gasteiger partial charge is 0.369 e. The third-order valence-corrected chi connectivity index (χ3v) is 1.89. The summed E-state index contributed by atoms with van der Waals surface area (Å²) in [7, 11) is 0. The molecule has 2 heterocycles. The molecular weight excluding hydrogens is 172 g/mol. The molecule has 1 aliphatic rings. The van der Waals surface area contributed by atoms with E-state index in [0.29, 0.717) is 18.4 Å². The number of anilines is 2.